The summed E-state index contributed by atoms with van der Waals surface area (Å²) in [6.07, 6.45) is 0.346. The van der Waals surface area contributed by atoms with Gasteiger partial charge in [0.1, 0.15) is 5.56 Å². The van der Waals surface area contributed by atoms with Gasteiger partial charge < -0.3 is 5.11 Å². The Bertz CT molecular complexity index is 475. The molecule has 0 saturated heterocycles. The number of hydrogen-bond acceptors (Lipinski definition) is 5. The van der Waals surface area contributed by atoms with Crippen LogP contribution in [0.4, 0.5) is 11.4 Å². The fourth-order valence-electron chi connectivity index (χ4n) is 1.38. The van der Waals surface area contributed by atoms with E-state index < -0.39 is 32.8 Å². The maximum atomic E-state index is 10.8. The Balaban J connectivity index is 3.67. The van der Waals surface area contributed by atoms with E-state index in [9.17, 15) is 25.0 Å². The molecule has 90 valence electrons. The number of hydrogen-bond donors (Lipinski definition) is 1. The molecule has 1 rings (SSSR count). The minimum absolute atomic E-state index is 0.346. The van der Waals surface area contributed by atoms with Crippen LogP contribution in [0.25, 0.3) is 0 Å². The third kappa shape index (κ3) is 2.36. The third-order valence-corrected chi connectivity index (χ3v) is 2.17. The van der Waals surface area contributed by atoms with E-state index in [2.05, 4.69) is 0 Å². The molecule has 1 N–H and O–H groups in total. The summed E-state index contributed by atoms with van der Waals surface area (Å²) >= 11 is 0. The van der Waals surface area contributed by atoms with E-state index in [1.165, 1.54) is 0 Å². The number of rotatable bonds is 4. The number of benzene rings is 1. The van der Waals surface area contributed by atoms with Gasteiger partial charge in [-0.1, -0.05) is 6.92 Å². The van der Waals surface area contributed by atoms with E-state index in [0.717, 1.165) is 12.1 Å². The molecule has 17 heavy (non-hydrogen) atoms. The van der Waals surface area contributed by atoms with Gasteiger partial charge in [0.25, 0.3) is 0 Å². The average molecular weight is 240 g/mol. The van der Waals surface area contributed by atoms with Gasteiger partial charge in [-0.25, -0.2) is 4.79 Å². The minimum Gasteiger partial charge on any atom is -0.477 e. The SMILES string of the molecule is CCc1cc(C(=O)O)c([N+](=O)[O-])c([N+](=O)[O-])c1. The highest BCUT2D eigenvalue weighted by Crippen LogP contribution is 2.32. The third-order valence-electron chi connectivity index (χ3n) is 2.17. The lowest BCUT2D eigenvalue weighted by molar-refractivity contribution is -0.422. The zero-order valence-corrected chi connectivity index (χ0v) is 8.74. The molecule has 8 nitrogen and oxygen atoms in total. The summed E-state index contributed by atoms with van der Waals surface area (Å²) in [4.78, 5) is 30.2. The minimum atomic E-state index is -1.56. The summed E-state index contributed by atoms with van der Waals surface area (Å²) in [6.45, 7) is 1.66. The normalized spacial score (nSPS) is 9.94. The van der Waals surface area contributed by atoms with Crippen molar-refractivity contribution in [3.63, 3.8) is 0 Å². The van der Waals surface area contributed by atoms with Crippen LogP contribution >= 0.6 is 0 Å². The van der Waals surface area contributed by atoms with Crippen molar-refractivity contribution in [3.05, 3.63) is 43.5 Å². The van der Waals surface area contributed by atoms with Gasteiger partial charge in [-0.3, -0.25) is 20.2 Å². The second-order valence-electron chi connectivity index (χ2n) is 3.18. The van der Waals surface area contributed by atoms with Gasteiger partial charge in [0.15, 0.2) is 0 Å². The van der Waals surface area contributed by atoms with E-state index in [1.54, 1.807) is 6.92 Å². The Kier molecular flexibility index (Phi) is 3.37. The molecule has 0 spiro atoms. The molecule has 0 atom stereocenters. The number of nitro benzene ring substituents is 2. The molecule has 0 aliphatic rings. The fourth-order valence-corrected chi connectivity index (χ4v) is 1.38. The largest absolute Gasteiger partial charge is 0.477 e. The molecule has 8 heteroatoms. The van der Waals surface area contributed by atoms with Crippen molar-refractivity contribution in [2.24, 2.45) is 0 Å². The van der Waals surface area contributed by atoms with Gasteiger partial charge in [0.05, 0.1) is 9.85 Å². The molecule has 0 aromatic heterocycles. The highest BCUT2D eigenvalue weighted by molar-refractivity contribution is 5.94. The number of nitro groups is 2. The first-order chi connectivity index (χ1) is 7.88. The zero-order chi connectivity index (χ0) is 13.2. The van der Waals surface area contributed by atoms with Gasteiger partial charge in [-0.15, -0.1) is 0 Å². The molecule has 0 bridgehead atoms. The molecule has 0 unspecified atom stereocenters. The topological polar surface area (TPSA) is 124 Å². The number of carboxylic acid groups (broad SMARTS) is 1. The first kappa shape index (κ1) is 12.6. The summed E-state index contributed by atoms with van der Waals surface area (Å²) in [6, 6.07) is 2.10. The Hall–Kier alpha value is -2.51. The van der Waals surface area contributed by atoms with Crippen molar-refractivity contribution < 1.29 is 19.7 Å². The van der Waals surface area contributed by atoms with E-state index >= 15 is 0 Å². The number of carbonyl (C=O) groups is 1. The highest BCUT2D eigenvalue weighted by atomic mass is 16.6. The van der Waals surface area contributed by atoms with E-state index in [1.807, 2.05) is 0 Å². The summed E-state index contributed by atoms with van der Waals surface area (Å²) in [5, 5.41) is 30.2. The van der Waals surface area contributed by atoms with Crippen LogP contribution in [0, 0.1) is 20.2 Å². The van der Waals surface area contributed by atoms with Gasteiger partial charge in [0, 0.05) is 6.07 Å². The Labute approximate surface area is 94.8 Å². The van der Waals surface area contributed by atoms with Crippen LogP contribution in [-0.4, -0.2) is 20.9 Å². The zero-order valence-electron chi connectivity index (χ0n) is 8.74. The lowest BCUT2D eigenvalue weighted by atomic mass is 10.0. The summed E-state index contributed by atoms with van der Waals surface area (Å²) in [5.41, 5.74) is -2.09. The summed E-state index contributed by atoms with van der Waals surface area (Å²) in [7, 11) is 0. The van der Waals surface area contributed by atoms with Gasteiger partial charge in [-0.2, -0.15) is 0 Å². The van der Waals surface area contributed by atoms with Gasteiger partial charge in [0.2, 0.25) is 0 Å². The predicted octanol–water partition coefficient (Wildman–Crippen LogP) is 1.76. The predicted molar refractivity (Wildman–Crippen MR) is 56.1 cm³/mol. The maximum absolute atomic E-state index is 10.8. The molecule has 0 fully saturated rings. The molecule has 1 aromatic rings. The lowest BCUT2D eigenvalue weighted by Gasteiger charge is -2.02. The van der Waals surface area contributed by atoms with Crippen molar-refractivity contribution in [2.75, 3.05) is 0 Å². The lowest BCUT2D eigenvalue weighted by Crippen LogP contribution is -2.07. The highest BCUT2D eigenvalue weighted by Gasteiger charge is 2.32. The van der Waals surface area contributed by atoms with Gasteiger partial charge >= 0.3 is 17.3 Å². The molecule has 0 aliphatic carbocycles. The van der Waals surface area contributed by atoms with Crippen LogP contribution in [0.15, 0.2) is 12.1 Å². The Morgan fingerprint density at radius 3 is 2.24 bits per heavy atom. The van der Waals surface area contributed by atoms with Crippen LogP contribution in [0.2, 0.25) is 0 Å². The number of carboxylic acids is 1. The van der Waals surface area contributed by atoms with E-state index in [4.69, 9.17) is 5.11 Å². The van der Waals surface area contributed by atoms with E-state index in [0.29, 0.717) is 12.0 Å². The smallest absolute Gasteiger partial charge is 0.360 e. The standard InChI is InChI=1S/C9H8N2O6/c1-2-5-3-6(9(12)13)8(11(16)17)7(4-5)10(14)15/h3-4H,2H2,1H3,(H,12,13). The molecule has 1 aromatic carbocycles. The van der Waals surface area contributed by atoms with Gasteiger partial charge in [-0.05, 0) is 18.1 Å². The Morgan fingerprint density at radius 1 is 1.29 bits per heavy atom. The maximum Gasteiger partial charge on any atom is 0.360 e. The van der Waals surface area contributed by atoms with Crippen molar-refractivity contribution in [1.82, 2.24) is 0 Å². The molecule has 0 aliphatic heterocycles. The average Bonchev–Trinajstić information content (AvgIpc) is 2.26. The molecule has 0 radical (unpaired) electrons. The summed E-state index contributed by atoms with van der Waals surface area (Å²) in [5.74, 6) is -1.56. The first-order valence-electron chi connectivity index (χ1n) is 4.57. The van der Waals surface area contributed by atoms with Crippen molar-refractivity contribution in [1.29, 1.82) is 0 Å². The van der Waals surface area contributed by atoms with Crippen LogP contribution < -0.4 is 0 Å². The Morgan fingerprint density at radius 2 is 1.88 bits per heavy atom. The molecule has 0 saturated carbocycles. The van der Waals surface area contributed by atoms with Crippen molar-refractivity contribution in [2.45, 2.75) is 13.3 Å². The number of aromatic carboxylic acids is 1. The molecule has 0 amide bonds. The quantitative estimate of drug-likeness (QED) is 0.631. The molecular formula is C9H8N2O6. The molecule has 0 heterocycles. The van der Waals surface area contributed by atoms with Crippen LogP contribution in [0.5, 0.6) is 0 Å². The second-order valence-corrected chi connectivity index (χ2v) is 3.18. The second kappa shape index (κ2) is 4.56. The van der Waals surface area contributed by atoms with Crippen molar-refractivity contribution >= 4 is 17.3 Å². The van der Waals surface area contributed by atoms with Crippen molar-refractivity contribution in [3.8, 4) is 0 Å². The fraction of sp³-hybridized carbons (Fsp3) is 0.222. The summed E-state index contributed by atoms with van der Waals surface area (Å²) < 4.78 is 0. The number of nitrogens with zero attached hydrogens (tertiary/aromatic N) is 2. The van der Waals surface area contributed by atoms with Crippen LogP contribution in [0.1, 0.15) is 22.8 Å². The van der Waals surface area contributed by atoms with E-state index in [-0.39, 0.29) is 0 Å². The number of aryl methyl sites for hydroxylation is 1. The monoisotopic (exact) mass is 240 g/mol. The first-order valence-corrected chi connectivity index (χ1v) is 4.57. The molecular weight excluding hydrogens is 232 g/mol. The van der Waals surface area contributed by atoms with Crippen LogP contribution in [-0.2, 0) is 6.42 Å². The van der Waals surface area contributed by atoms with Crippen LogP contribution in [0.3, 0.4) is 0 Å².